The lowest BCUT2D eigenvalue weighted by Gasteiger charge is -2.35. The number of rotatable bonds is 5. The molecule has 0 amide bonds. The molecule has 1 atom stereocenters. The summed E-state index contributed by atoms with van der Waals surface area (Å²) in [6.07, 6.45) is 2.83. The topological polar surface area (TPSA) is 107 Å². The van der Waals surface area contributed by atoms with Gasteiger partial charge in [0.1, 0.15) is 0 Å². The van der Waals surface area contributed by atoms with Gasteiger partial charge >= 0.3 is 0 Å². The highest BCUT2D eigenvalue weighted by molar-refractivity contribution is 7.89. The van der Waals surface area contributed by atoms with Crippen LogP contribution < -0.4 is 5.14 Å². The van der Waals surface area contributed by atoms with Crippen LogP contribution >= 0.6 is 0 Å². The highest BCUT2D eigenvalue weighted by Gasteiger charge is 2.26. The second kappa shape index (κ2) is 6.50. The van der Waals surface area contributed by atoms with Crippen LogP contribution in [0, 0.1) is 10.1 Å². The molecule has 1 heterocycles. The van der Waals surface area contributed by atoms with E-state index in [0.717, 1.165) is 31.4 Å². The minimum absolute atomic E-state index is 0.0417. The molecule has 0 aromatic heterocycles. The lowest BCUT2D eigenvalue weighted by atomic mass is 10.0. The summed E-state index contributed by atoms with van der Waals surface area (Å²) < 4.78 is 22.6. The van der Waals surface area contributed by atoms with Gasteiger partial charge in [0, 0.05) is 24.7 Å². The molecule has 116 valence electrons. The summed E-state index contributed by atoms with van der Waals surface area (Å²) in [5.74, 6) is -0.0417. The Kier molecular flexibility index (Phi) is 4.92. The minimum Gasteiger partial charge on any atom is -0.295 e. The maximum absolute atomic E-state index is 11.3. The van der Waals surface area contributed by atoms with Gasteiger partial charge in [-0.3, -0.25) is 15.0 Å². The SMILES string of the molecule is NS(=O)(=O)CC1CCCCN1Cc1ccc([N+](=O)[O-])cc1. The van der Waals surface area contributed by atoms with E-state index in [1.807, 2.05) is 0 Å². The van der Waals surface area contributed by atoms with Gasteiger partial charge in [-0.1, -0.05) is 18.6 Å². The van der Waals surface area contributed by atoms with Crippen molar-refractivity contribution in [2.45, 2.75) is 31.8 Å². The third kappa shape index (κ3) is 4.76. The molecule has 0 bridgehead atoms. The Balaban J connectivity index is 2.06. The minimum atomic E-state index is -3.50. The Morgan fingerprint density at radius 3 is 2.52 bits per heavy atom. The van der Waals surface area contributed by atoms with Gasteiger partial charge in [-0.15, -0.1) is 0 Å². The van der Waals surface area contributed by atoms with Crippen LogP contribution in [0.4, 0.5) is 5.69 Å². The second-order valence-corrected chi connectivity index (χ2v) is 7.03. The molecule has 1 fully saturated rings. The molecule has 1 aromatic carbocycles. The molecule has 0 saturated carbocycles. The molecule has 0 radical (unpaired) electrons. The van der Waals surface area contributed by atoms with Gasteiger partial charge < -0.3 is 0 Å². The van der Waals surface area contributed by atoms with Crippen LogP contribution in [0.25, 0.3) is 0 Å². The first-order valence-electron chi connectivity index (χ1n) is 6.83. The van der Waals surface area contributed by atoms with E-state index in [0.29, 0.717) is 6.54 Å². The Labute approximate surface area is 123 Å². The molecular weight excluding hydrogens is 294 g/mol. The molecule has 0 spiro atoms. The van der Waals surface area contributed by atoms with Gasteiger partial charge in [0.25, 0.3) is 5.69 Å². The van der Waals surface area contributed by atoms with Crippen molar-refractivity contribution >= 4 is 15.7 Å². The maximum Gasteiger partial charge on any atom is 0.269 e. The summed E-state index contributed by atoms with van der Waals surface area (Å²) in [5, 5.41) is 15.8. The predicted octanol–water partition coefficient (Wildman–Crippen LogP) is 1.24. The highest BCUT2D eigenvalue weighted by atomic mass is 32.2. The molecule has 2 rings (SSSR count). The number of hydrogen-bond acceptors (Lipinski definition) is 5. The van der Waals surface area contributed by atoms with E-state index in [1.54, 1.807) is 12.1 Å². The van der Waals surface area contributed by atoms with E-state index >= 15 is 0 Å². The third-order valence-corrected chi connectivity index (χ3v) is 4.56. The number of nitrogens with zero attached hydrogens (tertiary/aromatic N) is 2. The van der Waals surface area contributed by atoms with E-state index in [1.165, 1.54) is 12.1 Å². The molecule has 21 heavy (non-hydrogen) atoms. The number of piperidine rings is 1. The first-order chi connectivity index (χ1) is 9.85. The first kappa shape index (κ1) is 15.9. The Hall–Kier alpha value is -1.51. The van der Waals surface area contributed by atoms with Crippen molar-refractivity contribution < 1.29 is 13.3 Å². The van der Waals surface area contributed by atoms with E-state index in [2.05, 4.69) is 4.90 Å². The van der Waals surface area contributed by atoms with Gasteiger partial charge in [-0.25, -0.2) is 13.6 Å². The fourth-order valence-electron chi connectivity index (χ4n) is 2.68. The summed E-state index contributed by atoms with van der Waals surface area (Å²) in [7, 11) is -3.50. The fourth-order valence-corrected chi connectivity index (χ4v) is 3.60. The average molecular weight is 313 g/mol. The monoisotopic (exact) mass is 313 g/mol. The van der Waals surface area contributed by atoms with Gasteiger partial charge in [-0.2, -0.15) is 0 Å². The molecule has 1 aliphatic rings. The highest BCUT2D eigenvalue weighted by Crippen LogP contribution is 2.21. The van der Waals surface area contributed by atoms with Crippen molar-refractivity contribution in [1.82, 2.24) is 4.90 Å². The molecule has 1 aliphatic heterocycles. The van der Waals surface area contributed by atoms with Gasteiger partial charge in [0.05, 0.1) is 10.7 Å². The first-order valence-corrected chi connectivity index (χ1v) is 8.54. The zero-order chi connectivity index (χ0) is 15.5. The number of likely N-dealkylation sites (tertiary alicyclic amines) is 1. The van der Waals surface area contributed by atoms with Crippen molar-refractivity contribution in [3.63, 3.8) is 0 Å². The molecule has 1 unspecified atom stereocenters. The van der Waals surface area contributed by atoms with Crippen LogP contribution in [0.3, 0.4) is 0 Å². The zero-order valence-corrected chi connectivity index (χ0v) is 12.5. The number of nitro groups is 1. The van der Waals surface area contributed by atoms with Crippen molar-refractivity contribution in [1.29, 1.82) is 0 Å². The number of nitrogens with two attached hydrogens (primary N) is 1. The smallest absolute Gasteiger partial charge is 0.269 e. The summed E-state index contributed by atoms with van der Waals surface area (Å²) in [6, 6.07) is 6.27. The average Bonchev–Trinajstić information content (AvgIpc) is 2.40. The Morgan fingerprint density at radius 1 is 1.29 bits per heavy atom. The standard InChI is InChI=1S/C13H19N3O4S/c14-21(19,20)10-13-3-1-2-8-15(13)9-11-4-6-12(7-5-11)16(17)18/h4-7,13H,1-3,8-10H2,(H2,14,19,20). The third-order valence-electron chi connectivity index (χ3n) is 3.71. The number of benzene rings is 1. The quantitative estimate of drug-likeness (QED) is 0.650. The van der Waals surface area contributed by atoms with Crippen LogP contribution in [-0.2, 0) is 16.6 Å². The Bertz CT molecular complexity index is 600. The Morgan fingerprint density at radius 2 is 1.95 bits per heavy atom. The van der Waals surface area contributed by atoms with Gasteiger partial charge in [0.15, 0.2) is 0 Å². The molecule has 1 aromatic rings. The van der Waals surface area contributed by atoms with Crippen molar-refractivity contribution in [2.75, 3.05) is 12.3 Å². The van der Waals surface area contributed by atoms with E-state index in [9.17, 15) is 18.5 Å². The largest absolute Gasteiger partial charge is 0.295 e. The second-order valence-electron chi connectivity index (χ2n) is 5.37. The number of sulfonamides is 1. The maximum atomic E-state index is 11.3. The van der Waals surface area contributed by atoms with Crippen LogP contribution in [0.15, 0.2) is 24.3 Å². The molecule has 0 aliphatic carbocycles. The van der Waals surface area contributed by atoms with E-state index in [-0.39, 0.29) is 17.5 Å². The van der Waals surface area contributed by atoms with Gasteiger partial charge in [-0.05, 0) is 24.9 Å². The molecule has 1 saturated heterocycles. The summed E-state index contributed by atoms with van der Waals surface area (Å²) in [5.41, 5.74) is 0.986. The van der Waals surface area contributed by atoms with E-state index < -0.39 is 14.9 Å². The molecular formula is C13H19N3O4S. The lowest BCUT2D eigenvalue weighted by molar-refractivity contribution is -0.384. The van der Waals surface area contributed by atoms with E-state index in [4.69, 9.17) is 5.14 Å². The van der Waals surface area contributed by atoms with Crippen molar-refractivity contribution in [2.24, 2.45) is 5.14 Å². The number of nitro benzene ring substituents is 1. The number of hydrogen-bond donors (Lipinski definition) is 1. The normalized spacial score (nSPS) is 20.3. The van der Waals surface area contributed by atoms with Gasteiger partial charge in [0.2, 0.25) is 10.0 Å². The van der Waals surface area contributed by atoms with Crippen LogP contribution in [0.2, 0.25) is 0 Å². The van der Waals surface area contributed by atoms with Crippen molar-refractivity contribution in [3.05, 3.63) is 39.9 Å². The summed E-state index contributed by atoms with van der Waals surface area (Å²) >= 11 is 0. The molecule has 2 N–H and O–H groups in total. The summed E-state index contributed by atoms with van der Waals surface area (Å²) in [4.78, 5) is 12.3. The fraction of sp³-hybridized carbons (Fsp3) is 0.538. The zero-order valence-electron chi connectivity index (χ0n) is 11.6. The predicted molar refractivity (Wildman–Crippen MR) is 79.1 cm³/mol. The number of primary sulfonamides is 1. The van der Waals surface area contributed by atoms with Crippen LogP contribution in [0.1, 0.15) is 24.8 Å². The molecule has 8 heteroatoms. The summed E-state index contributed by atoms with van der Waals surface area (Å²) in [6.45, 7) is 1.40. The molecule has 7 nitrogen and oxygen atoms in total. The lowest BCUT2D eigenvalue weighted by Crippen LogP contribution is -2.44. The van der Waals surface area contributed by atoms with Crippen LogP contribution in [0.5, 0.6) is 0 Å². The van der Waals surface area contributed by atoms with Crippen molar-refractivity contribution in [3.8, 4) is 0 Å². The number of non-ortho nitro benzene ring substituents is 1. The van der Waals surface area contributed by atoms with Crippen LogP contribution in [-0.4, -0.2) is 36.6 Å².